The van der Waals surface area contributed by atoms with Gasteiger partial charge in [-0.25, -0.2) is 0 Å². The molecule has 2 amide bonds. The Kier molecular flexibility index (Phi) is 6.46. The number of carbonyl (C=O) groups is 3. The summed E-state index contributed by atoms with van der Waals surface area (Å²) in [6.45, 7) is 1.81. The molecule has 0 aliphatic carbocycles. The van der Waals surface area contributed by atoms with Crippen LogP contribution in [-0.4, -0.2) is 33.5 Å². The summed E-state index contributed by atoms with van der Waals surface area (Å²) in [6.07, 6.45) is 2.68. The van der Waals surface area contributed by atoms with E-state index in [1.165, 1.54) is 28.7 Å². The van der Waals surface area contributed by atoms with Crippen molar-refractivity contribution in [2.75, 3.05) is 11.9 Å². The minimum absolute atomic E-state index is 0.0505. The van der Waals surface area contributed by atoms with E-state index >= 15 is 0 Å². The predicted molar refractivity (Wildman–Crippen MR) is 115 cm³/mol. The molecule has 1 aliphatic rings. The molecule has 1 fully saturated rings. The Bertz CT molecular complexity index is 1020. The third-order valence-corrected chi connectivity index (χ3v) is 5.62. The monoisotopic (exact) mass is 425 g/mol. The first-order chi connectivity index (χ1) is 13.9. The van der Waals surface area contributed by atoms with Crippen molar-refractivity contribution in [3.63, 3.8) is 0 Å². The lowest BCUT2D eigenvalue weighted by molar-refractivity contribution is -0.255. The lowest BCUT2D eigenvalue weighted by Crippen LogP contribution is -2.36. The van der Waals surface area contributed by atoms with E-state index in [2.05, 4.69) is 12.2 Å². The number of thiocarbonyl (C=S) groups is 1. The fourth-order valence-electron chi connectivity index (χ4n) is 2.71. The number of aryl methyl sites for hydroxylation is 1. The summed E-state index contributed by atoms with van der Waals surface area (Å²) in [6, 6.07) is 13.6. The van der Waals surface area contributed by atoms with Crippen molar-refractivity contribution in [1.29, 1.82) is 0 Å². The van der Waals surface area contributed by atoms with E-state index in [0.29, 0.717) is 14.9 Å². The molecule has 6 nitrogen and oxygen atoms in total. The van der Waals surface area contributed by atoms with E-state index in [-0.39, 0.29) is 18.0 Å². The number of rotatable bonds is 6. The molecule has 3 rings (SSSR count). The van der Waals surface area contributed by atoms with Crippen LogP contribution < -0.4 is 10.4 Å². The molecule has 0 saturated carbocycles. The third-order valence-electron chi connectivity index (χ3n) is 4.24. The van der Waals surface area contributed by atoms with Gasteiger partial charge in [0.1, 0.15) is 10.9 Å². The molecule has 1 saturated heterocycles. The van der Waals surface area contributed by atoms with Crippen molar-refractivity contribution in [3.8, 4) is 0 Å². The normalized spacial score (nSPS) is 15.1. The van der Waals surface area contributed by atoms with Gasteiger partial charge in [0.15, 0.2) is 0 Å². The van der Waals surface area contributed by atoms with Crippen molar-refractivity contribution in [1.82, 2.24) is 4.90 Å². The molecule has 1 heterocycles. The fraction of sp³-hybridized carbons (Fsp3) is 0.143. The molecule has 1 N–H and O–H groups in total. The molecule has 0 unspecified atom stereocenters. The SMILES string of the molecule is CCc1ccc(/C=C2\SC(=S)N(CC(=O)Nc3cccc(C(=O)[O-])c3)C2=O)cc1. The zero-order valence-corrected chi connectivity index (χ0v) is 17.1. The maximum absolute atomic E-state index is 12.7. The van der Waals surface area contributed by atoms with Gasteiger partial charge in [-0.1, -0.05) is 67.3 Å². The minimum atomic E-state index is -1.34. The first-order valence-corrected chi connectivity index (χ1v) is 10.1. The molecular formula is C21H17N2O4S2-. The van der Waals surface area contributed by atoms with Crippen LogP contribution in [0.5, 0.6) is 0 Å². The van der Waals surface area contributed by atoms with Crippen LogP contribution in [0.25, 0.3) is 6.08 Å². The quantitative estimate of drug-likeness (QED) is 0.565. The number of amides is 2. The number of aromatic carboxylic acids is 1. The van der Waals surface area contributed by atoms with Crippen molar-refractivity contribution in [3.05, 3.63) is 70.1 Å². The molecule has 2 aromatic carbocycles. The highest BCUT2D eigenvalue weighted by Crippen LogP contribution is 2.32. The van der Waals surface area contributed by atoms with Gasteiger partial charge in [-0.2, -0.15) is 0 Å². The zero-order chi connectivity index (χ0) is 21.0. The molecular weight excluding hydrogens is 408 g/mol. The van der Waals surface area contributed by atoms with Gasteiger partial charge in [-0.05, 0) is 41.3 Å². The standard InChI is InChI=1S/C21H18N2O4S2/c1-2-13-6-8-14(9-7-13)10-17-19(25)23(21(28)29-17)12-18(24)22-16-5-3-4-15(11-16)20(26)27/h3-11H,2,12H2,1H3,(H,22,24)(H,26,27)/p-1/b17-10-. The summed E-state index contributed by atoms with van der Waals surface area (Å²) in [7, 11) is 0. The lowest BCUT2D eigenvalue weighted by Gasteiger charge is -2.14. The van der Waals surface area contributed by atoms with E-state index < -0.39 is 11.9 Å². The number of hydrogen-bond acceptors (Lipinski definition) is 6. The van der Waals surface area contributed by atoms with E-state index in [0.717, 1.165) is 23.7 Å². The van der Waals surface area contributed by atoms with Gasteiger partial charge in [0, 0.05) is 5.69 Å². The Labute approximate surface area is 177 Å². The molecule has 2 aromatic rings. The van der Waals surface area contributed by atoms with Crippen LogP contribution in [0.3, 0.4) is 0 Å². The number of nitrogens with one attached hydrogen (secondary N) is 1. The first-order valence-electron chi connectivity index (χ1n) is 8.83. The zero-order valence-electron chi connectivity index (χ0n) is 15.5. The van der Waals surface area contributed by atoms with Crippen molar-refractivity contribution in [2.45, 2.75) is 13.3 Å². The van der Waals surface area contributed by atoms with Crippen molar-refractivity contribution in [2.24, 2.45) is 0 Å². The topological polar surface area (TPSA) is 89.5 Å². The van der Waals surface area contributed by atoms with Crippen LogP contribution in [-0.2, 0) is 16.0 Å². The number of carbonyl (C=O) groups excluding carboxylic acids is 3. The molecule has 0 bridgehead atoms. The summed E-state index contributed by atoms with van der Waals surface area (Å²) in [5, 5.41) is 13.5. The number of hydrogen-bond donors (Lipinski definition) is 1. The fourth-order valence-corrected chi connectivity index (χ4v) is 3.96. The van der Waals surface area contributed by atoms with Gasteiger partial charge in [0.2, 0.25) is 5.91 Å². The average Bonchev–Trinajstić information content (AvgIpc) is 2.96. The highest BCUT2D eigenvalue weighted by Gasteiger charge is 2.33. The summed E-state index contributed by atoms with van der Waals surface area (Å²) in [4.78, 5) is 37.6. The largest absolute Gasteiger partial charge is 0.545 e. The Morgan fingerprint density at radius 3 is 2.59 bits per heavy atom. The smallest absolute Gasteiger partial charge is 0.266 e. The number of nitrogens with zero attached hydrogens (tertiary/aromatic N) is 1. The lowest BCUT2D eigenvalue weighted by atomic mass is 10.1. The average molecular weight is 426 g/mol. The molecule has 29 heavy (non-hydrogen) atoms. The van der Waals surface area contributed by atoms with Crippen LogP contribution in [0.4, 0.5) is 5.69 Å². The number of anilines is 1. The Morgan fingerprint density at radius 1 is 1.21 bits per heavy atom. The van der Waals surface area contributed by atoms with Gasteiger partial charge in [0.05, 0.1) is 10.9 Å². The number of carboxylic acids is 1. The maximum Gasteiger partial charge on any atom is 0.266 e. The summed E-state index contributed by atoms with van der Waals surface area (Å²) >= 11 is 6.39. The van der Waals surface area contributed by atoms with Crippen LogP contribution in [0.1, 0.15) is 28.4 Å². The van der Waals surface area contributed by atoms with Gasteiger partial charge in [0.25, 0.3) is 5.91 Å². The van der Waals surface area contributed by atoms with Crippen molar-refractivity contribution < 1.29 is 19.5 Å². The highest BCUT2D eigenvalue weighted by molar-refractivity contribution is 8.26. The van der Waals surface area contributed by atoms with E-state index in [9.17, 15) is 19.5 Å². The Balaban J connectivity index is 1.68. The van der Waals surface area contributed by atoms with Crippen LogP contribution in [0, 0.1) is 0 Å². The predicted octanol–water partition coefficient (Wildman–Crippen LogP) is 2.45. The minimum Gasteiger partial charge on any atom is -0.545 e. The highest BCUT2D eigenvalue weighted by atomic mass is 32.2. The molecule has 0 spiro atoms. The van der Waals surface area contributed by atoms with Gasteiger partial charge >= 0.3 is 0 Å². The van der Waals surface area contributed by atoms with Crippen LogP contribution in [0.15, 0.2) is 53.4 Å². The first kappa shape index (κ1) is 20.8. The van der Waals surface area contributed by atoms with Gasteiger partial charge in [-0.3, -0.25) is 14.5 Å². The second-order valence-electron chi connectivity index (χ2n) is 6.28. The molecule has 0 aromatic heterocycles. The van der Waals surface area contributed by atoms with E-state index in [1.807, 2.05) is 24.3 Å². The Hall–Kier alpha value is -2.97. The number of carboxylic acid groups (broad SMARTS) is 1. The summed E-state index contributed by atoms with van der Waals surface area (Å²) in [5.74, 6) is -2.15. The molecule has 0 radical (unpaired) electrons. The van der Waals surface area contributed by atoms with Gasteiger partial charge < -0.3 is 15.2 Å². The summed E-state index contributed by atoms with van der Waals surface area (Å²) in [5.41, 5.74) is 2.33. The second-order valence-corrected chi connectivity index (χ2v) is 7.96. The van der Waals surface area contributed by atoms with E-state index in [4.69, 9.17) is 12.2 Å². The molecule has 8 heteroatoms. The van der Waals surface area contributed by atoms with Gasteiger partial charge in [-0.15, -0.1) is 0 Å². The van der Waals surface area contributed by atoms with Crippen LogP contribution in [0.2, 0.25) is 0 Å². The second kappa shape index (κ2) is 9.02. The maximum atomic E-state index is 12.7. The van der Waals surface area contributed by atoms with E-state index in [1.54, 1.807) is 12.1 Å². The number of benzene rings is 2. The number of thioether (sulfide) groups is 1. The van der Waals surface area contributed by atoms with Crippen LogP contribution >= 0.6 is 24.0 Å². The van der Waals surface area contributed by atoms with Crippen molar-refractivity contribution >= 4 is 57.8 Å². The molecule has 1 aliphatic heterocycles. The molecule has 148 valence electrons. The summed E-state index contributed by atoms with van der Waals surface area (Å²) < 4.78 is 0.296. The Morgan fingerprint density at radius 2 is 1.93 bits per heavy atom. The third kappa shape index (κ3) is 5.10. The molecule has 0 atom stereocenters.